The van der Waals surface area contributed by atoms with Crippen LogP contribution in [0.2, 0.25) is 5.02 Å². The number of halogens is 1. The number of rotatable bonds is 5. The zero-order valence-corrected chi connectivity index (χ0v) is 12.0. The number of nitrogen functional groups attached to an aromatic ring is 1. The van der Waals surface area contributed by atoms with E-state index >= 15 is 0 Å². The smallest absolute Gasteiger partial charge is 0.244 e. The highest BCUT2D eigenvalue weighted by Crippen LogP contribution is 2.33. The lowest BCUT2D eigenvalue weighted by Gasteiger charge is -2.36. The van der Waals surface area contributed by atoms with E-state index in [9.17, 15) is 8.42 Å². The highest BCUT2D eigenvalue weighted by atomic mass is 35.5. The summed E-state index contributed by atoms with van der Waals surface area (Å²) in [7, 11) is -3.72. The van der Waals surface area contributed by atoms with Crippen molar-refractivity contribution in [1.29, 1.82) is 0 Å². The summed E-state index contributed by atoms with van der Waals surface area (Å²) in [4.78, 5) is 0.00881. The van der Waals surface area contributed by atoms with Crippen LogP contribution in [0.1, 0.15) is 19.3 Å². The summed E-state index contributed by atoms with van der Waals surface area (Å²) in [5.41, 5.74) is 5.98. The number of nitrogens with two attached hydrogens (primary N) is 1. The van der Waals surface area contributed by atoms with Crippen LogP contribution in [-0.4, -0.2) is 37.0 Å². The van der Waals surface area contributed by atoms with Gasteiger partial charge in [-0.05, 0) is 31.0 Å². The second kappa shape index (κ2) is 5.66. The summed E-state index contributed by atoms with van der Waals surface area (Å²) >= 11 is 5.97. The lowest BCUT2D eigenvalue weighted by molar-refractivity contribution is 0.178. The summed E-state index contributed by atoms with van der Waals surface area (Å²) in [6.07, 6.45) is 2.64. The number of aliphatic hydroxyl groups excluding tert-OH is 1. The molecule has 0 aliphatic heterocycles. The van der Waals surface area contributed by atoms with Gasteiger partial charge in [-0.3, -0.25) is 0 Å². The Bertz CT molecular complexity index is 558. The fourth-order valence-corrected chi connectivity index (χ4v) is 4.30. The topological polar surface area (TPSA) is 83.6 Å². The molecule has 0 bridgehead atoms. The normalized spacial score (nSPS) is 16.6. The van der Waals surface area contributed by atoms with E-state index in [2.05, 4.69) is 0 Å². The van der Waals surface area contributed by atoms with Gasteiger partial charge in [-0.15, -0.1) is 0 Å². The van der Waals surface area contributed by atoms with Gasteiger partial charge in [0, 0.05) is 18.3 Å². The fraction of sp³-hybridized carbons (Fsp3) is 0.500. The van der Waals surface area contributed by atoms with E-state index in [4.69, 9.17) is 22.4 Å². The van der Waals surface area contributed by atoms with Crippen molar-refractivity contribution in [3.05, 3.63) is 23.2 Å². The zero-order valence-electron chi connectivity index (χ0n) is 10.4. The quantitative estimate of drug-likeness (QED) is 0.807. The average molecular weight is 305 g/mol. The standard InChI is InChI=1S/C12H17ClN2O3S/c13-11-5-4-9(14)8-12(11)19(17,18)15(6-7-16)10-2-1-3-10/h4-5,8,10,16H,1-3,6-7,14H2. The minimum atomic E-state index is -3.72. The van der Waals surface area contributed by atoms with Crippen LogP contribution in [0.3, 0.4) is 0 Å². The van der Waals surface area contributed by atoms with Gasteiger partial charge < -0.3 is 10.8 Å². The van der Waals surface area contributed by atoms with Gasteiger partial charge in [0.25, 0.3) is 0 Å². The Kier molecular flexibility index (Phi) is 4.35. The van der Waals surface area contributed by atoms with E-state index in [0.29, 0.717) is 5.69 Å². The number of hydrogen-bond donors (Lipinski definition) is 2. The van der Waals surface area contributed by atoms with Gasteiger partial charge >= 0.3 is 0 Å². The molecule has 0 unspecified atom stereocenters. The van der Waals surface area contributed by atoms with Crippen molar-refractivity contribution < 1.29 is 13.5 Å². The lowest BCUT2D eigenvalue weighted by Crippen LogP contribution is -2.45. The van der Waals surface area contributed by atoms with Gasteiger partial charge in [-0.1, -0.05) is 18.0 Å². The highest BCUT2D eigenvalue weighted by molar-refractivity contribution is 7.89. The molecule has 5 nitrogen and oxygen atoms in total. The first-order chi connectivity index (χ1) is 8.96. The van der Waals surface area contributed by atoms with Gasteiger partial charge in [0.1, 0.15) is 4.90 Å². The van der Waals surface area contributed by atoms with Crippen molar-refractivity contribution in [3.63, 3.8) is 0 Å². The molecule has 1 aliphatic carbocycles. The highest BCUT2D eigenvalue weighted by Gasteiger charge is 2.35. The number of anilines is 1. The summed E-state index contributed by atoms with van der Waals surface area (Å²) in [5, 5.41) is 9.23. The van der Waals surface area contributed by atoms with Gasteiger partial charge in [-0.25, -0.2) is 8.42 Å². The molecule has 1 saturated carbocycles. The summed E-state index contributed by atoms with van der Waals surface area (Å²) < 4.78 is 26.5. The van der Waals surface area contributed by atoms with Crippen molar-refractivity contribution in [1.82, 2.24) is 4.31 Å². The first-order valence-corrected chi connectivity index (χ1v) is 7.96. The second-order valence-electron chi connectivity index (χ2n) is 4.61. The third-order valence-electron chi connectivity index (χ3n) is 3.34. The number of benzene rings is 1. The Hall–Kier alpha value is -0.820. The summed E-state index contributed by atoms with van der Waals surface area (Å²) in [5.74, 6) is 0. The summed E-state index contributed by atoms with van der Waals surface area (Å²) in [6.45, 7) is -0.131. The zero-order chi connectivity index (χ0) is 14.0. The van der Waals surface area contributed by atoms with E-state index in [1.54, 1.807) is 6.07 Å². The molecule has 19 heavy (non-hydrogen) atoms. The molecule has 0 heterocycles. The lowest BCUT2D eigenvalue weighted by atomic mass is 9.93. The molecule has 0 radical (unpaired) electrons. The largest absolute Gasteiger partial charge is 0.399 e. The second-order valence-corrected chi connectivity index (χ2v) is 6.88. The van der Waals surface area contributed by atoms with Crippen LogP contribution in [0.5, 0.6) is 0 Å². The molecular weight excluding hydrogens is 288 g/mol. The maximum absolute atomic E-state index is 12.6. The third kappa shape index (κ3) is 2.86. The first-order valence-electron chi connectivity index (χ1n) is 6.14. The molecule has 0 atom stereocenters. The Balaban J connectivity index is 2.40. The molecule has 1 fully saturated rings. The van der Waals surface area contributed by atoms with E-state index in [1.165, 1.54) is 16.4 Å². The molecule has 106 valence electrons. The predicted octanol–water partition coefficient (Wildman–Crippen LogP) is 1.46. The molecule has 0 aromatic heterocycles. The van der Waals surface area contributed by atoms with Crippen molar-refractivity contribution in [2.75, 3.05) is 18.9 Å². The minimum absolute atomic E-state index is 0.00881. The fourth-order valence-electron chi connectivity index (χ4n) is 2.12. The van der Waals surface area contributed by atoms with Crippen LogP contribution in [0.25, 0.3) is 0 Å². The molecule has 0 amide bonds. The van der Waals surface area contributed by atoms with E-state index in [0.717, 1.165) is 19.3 Å². The van der Waals surface area contributed by atoms with Gasteiger partial charge in [0.05, 0.1) is 11.6 Å². The molecule has 3 N–H and O–H groups in total. The molecule has 0 spiro atoms. The number of sulfonamides is 1. The van der Waals surface area contributed by atoms with E-state index < -0.39 is 10.0 Å². The SMILES string of the molecule is Nc1ccc(Cl)c(S(=O)(=O)N(CCO)C2CCC2)c1. The number of hydrogen-bond acceptors (Lipinski definition) is 4. The molecule has 0 saturated heterocycles. The Labute approximate surface area is 118 Å². The van der Waals surface area contributed by atoms with Crippen LogP contribution in [0.15, 0.2) is 23.1 Å². The molecule has 2 rings (SSSR count). The van der Waals surface area contributed by atoms with Gasteiger partial charge in [0.2, 0.25) is 10.0 Å². The van der Waals surface area contributed by atoms with Crippen LogP contribution in [0, 0.1) is 0 Å². The molecule has 1 aliphatic rings. The molecule has 7 heteroatoms. The average Bonchev–Trinajstić information content (AvgIpc) is 2.29. The van der Waals surface area contributed by atoms with Crippen molar-refractivity contribution in [2.24, 2.45) is 0 Å². The maximum atomic E-state index is 12.6. The molecule has 1 aromatic carbocycles. The summed E-state index contributed by atoms with van der Waals surface area (Å²) in [6, 6.07) is 4.35. The molecular formula is C12H17ClN2O3S. The van der Waals surface area contributed by atoms with Crippen LogP contribution in [0.4, 0.5) is 5.69 Å². The Morgan fingerprint density at radius 2 is 2.11 bits per heavy atom. The maximum Gasteiger partial charge on any atom is 0.244 e. The van der Waals surface area contributed by atoms with Gasteiger partial charge in [-0.2, -0.15) is 4.31 Å². The van der Waals surface area contributed by atoms with Crippen molar-refractivity contribution >= 4 is 27.3 Å². The Morgan fingerprint density at radius 1 is 1.42 bits per heavy atom. The van der Waals surface area contributed by atoms with Crippen molar-refractivity contribution in [2.45, 2.75) is 30.2 Å². The molecule has 1 aromatic rings. The van der Waals surface area contributed by atoms with Crippen LogP contribution in [-0.2, 0) is 10.0 Å². The van der Waals surface area contributed by atoms with E-state index in [-0.39, 0.29) is 29.1 Å². The predicted molar refractivity (Wildman–Crippen MR) is 74.5 cm³/mol. The monoisotopic (exact) mass is 304 g/mol. The van der Waals surface area contributed by atoms with Crippen LogP contribution < -0.4 is 5.73 Å². The first kappa shape index (κ1) is 14.6. The van der Waals surface area contributed by atoms with Gasteiger partial charge in [0.15, 0.2) is 0 Å². The van der Waals surface area contributed by atoms with Crippen LogP contribution >= 0.6 is 11.6 Å². The van der Waals surface area contributed by atoms with E-state index in [1.807, 2.05) is 0 Å². The Morgan fingerprint density at radius 3 is 2.63 bits per heavy atom. The minimum Gasteiger partial charge on any atom is -0.399 e. The third-order valence-corrected chi connectivity index (χ3v) is 5.78. The van der Waals surface area contributed by atoms with Crippen molar-refractivity contribution in [3.8, 4) is 0 Å². The number of nitrogens with zero attached hydrogens (tertiary/aromatic N) is 1. The number of aliphatic hydroxyl groups is 1.